The number of benzene rings is 2. The van der Waals surface area contributed by atoms with Crippen molar-refractivity contribution in [2.24, 2.45) is 0 Å². The molecule has 152 valence electrons. The van der Waals surface area contributed by atoms with E-state index in [1.807, 2.05) is 11.8 Å². The Morgan fingerprint density at radius 2 is 1.79 bits per heavy atom. The number of rotatable bonds is 6. The van der Waals surface area contributed by atoms with Crippen molar-refractivity contribution in [2.75, 3.05) is 43.4 Å². The molecule has 3 nitrogen and oxygen atoms in total. The van der Waals surface area contributed by atoms with E-state index >= 15 is 0 Å². The van der Waals surface area contributed by atoms with Crippen LogP contribution in [0.2, 0.25) is 0 Å². The maximum Gasteiger partial charge on any atom is 0.416 e. The van der Waals surface area contributed by atoms with E-state index < -0.39 is 17.8 Å². The van der Waals surface area contributed by atoms with Gasteiger partial charge in [-0.2, -0.15) is 13.2 Å². The third kappa shape index (κ3) is 5.90. The number of piperazine rings is 1. The van der Waals surface area contributed by atoms with Crippen molar-refractivity contribution in [3.05, 3.63) is 59.7 Å². The summed E-state index contributed by atoms with van der Waals surface area (Å²) in [7, 11) is 0. The molecule has 2 aromatic carbocycles. The van der Waals surface area contributed by atoms with Gasteiger partial charge in [0.1, 0.15) is 12.6 Å². The molecule has 1 aliphatic rings. The average Bonchev–Trinajstić information content (AvgIpc) is 2.68. The van der Waals surface area contributed by atoms with Crippen LogP contribution in [0, 0.1) is 6.92 Å². The second-order valence-electron chi connectivity index (χ2n) is 7.27. The summed E-state index contributed by atoms with van der Waals surface area (Å²) in [4.78, 5) is 4.43. The van der Waals surface area contributed by atoms with E-state index in [9.17, 15) is 18.3 Å². The first-order chi connectivity index (χ1) is 13.3. The lowest BCUT2D eigenvalue weighted by Crippen LogP contribution is -3.16. The zero-order valence-electron chi connectivity index (χ0n) is 15.9. The second kappa shape index (κ2) is 9.20. The molecule has 7 heteroatoms. The molecule has 1 fully saturated rings. The molecule has 1 saturated heterocycles. The molecule has 0 aliphatic carbocycles. The van der Waals surface area contributed by atoms with Crippen LogP contribution in [0.4, 0.5) is 18.9 Å². The number of nitrogens with one attached hydrogen (secondary N) is 1. The standard InChI is InChI=1S/C21H25F3N2OS/c1-16-5-7-20(8-6-16)28-15-19(27)14-25-9-11-26(12-10-25)18-4-2-3-17(13-18)21(22,23)24/h2-8,13,19,27H,9-12,14-15H2,1H3/p+1/t19-/m1/s1. The van der Waals surface area contributed by atoms with Gasteiger partial charge in [0, 0.05) is 16.3 Å². The molecule has 1 aliphatic heterocycles. The lowest BCUT2D eigenvalue weighted by Gasteiger charge is -2.34. The average molecular weight is 412 g/mol. The van der Waals surface area contributed by atoms with Gasteiger partial charge in [0.25, 0.3) is 0 Å². The number of alkyl halides is 3. The molecule has 3 rings (SSSR count). The van der Waals surface area contributed by atoms with Gasteiger partial charge in [-0.1, -0.05) is 23.8 Å². The zero-order valence-corrected chi connectivity index (χ0v) is 16.7. The van der Waals surface area contributed by atoms with Crippen molar-refractivity contribution in [1.82, 2.24) is 0 Å². The number of hydrogen-bond acceptors (Lipinski definition) is 3. The third-order valence-corrected chi connectivity index (χ3v) is 6.15. The van der Waals surface area contributed by atoms with Crippen molar-refractivity contribution >= 4 is 17.4 Å². The van der Waals surface area contributed by atoms with E-state index in [2.05, 4.69) is 24.3 Å². The predicted molar refractivity (Wildman–Crippen MR) is 107 cm³/mol. The maximum atomic E-state index is 12.9. The monoisotopic (exact) mass is 411 g/mol. The largest absolute Gasteiger partial charge is 0.416 e. The van der Waals surface area contributed by atoms with Crippen LogP contribution in [0.3, 0.4) is 0 Å². The number of quaternary nitrogens is 1. The maximum absolute atomic E-state index is 12.9. The van der Waals surface area contributed by atoms with E-state index in [1.165, 1.54) is 22.6 Å². The van der Waals surface area contributed by atoms with Crippen molar-refractivity contribution < 1.29 is 23.2 Å². The van der Waals surface area contributed by atoms with Crippen LogP contribution in [0.1, 0.15) is 11.1 Å². The minimum absolute atomic E-state index is 0.401. The Bertz CT molecular complexity index is 759. The van der Waals surface area contributed by atoms with Crippen LogP contribution in [-0.2, 0) is 6.18 Å². The summed E-state index contributed by atoms with van der Waals surface area (Å²) in [5, 5.41) is 10.3. The van der Waals surface area contributed by atoms with Crippen LogP contribution in [-0.4, -0.2) is 49.7 Å². The first-order valence-corrected chi connectivity index (χ1v) is 10.4. The molecule has 2 aromatic rings. The number of nitrogens with zero attached hydrogens (tertiary/aromatic N) is 1. The highest BCUT2D eigenvalue weighted by Gasteiger charge is 2.31. The molecule has 0 saturated carbocycles. The number of aliphatic hydroxyl groups excluding tert-OH is 1. The van der Waals surface area contributed by atoms with Gasteiger partial charge >= 0.3 is 6.18 Å². The molecule has 1 atom stereocenters. The van der Waals surface area contributed by atoms with Crippen molar-refractivity contribution in [3.63, 3.8) is 0 Å². The summed E-state index contributed by atoms with van der Waals surface area (Å²) in [6, 6.07) is 13.8. The van der Waals surface area contributed by atoms with Crippen molar-refractivity contribution in [3.8, 4) is 0 Å². The van der Waals surface area contributed by atoms with E-state index in [0.717, 1.165) is 24.1 Å². The van der Waals surface area contributed by atoms with Crippen LogP contribution in [0.25, 0.3) is 0 Å². The summed E-state index contributed by atoms with van der Waals surface area (Å²) in [5.74, 6) is 0.643. The molecule has 1 heterocycles. The minimum Gasteiger partial charge on any atom is -0.386 e. The molecule has 0 aromatic heterocycles. The highest BCUT2D eigenvalue weighted by atomic mass is 32.2. The van der Waals surface area contributed by atoms with E-state index in [-0.39, 0.29) is 0 Å². The van der Waals surface area contributed by atoms with Gasteiger partial charge in [-0.25, -0.2) is 0 Å². The van der Waals surface area contributed by atoms with Gasteiger partial charge in [-0.05, 0) is 37.3 Å². The molecule has 0 unspecified atom stereocenters. The molecule has 0 radical (unpaired) electrons. The predicted octanol–water partition coefficient (Wildman–Crippen LogP) is 2.87. The van der Waals surface area contributed by atoms with Gasteiger partial charge in [-0.3, -0.25) is 0 Å². The van der Waals surface area contributed by atoms with Gasteiger partial charge in [-0.15, -0.1) is 11.8 Å². The Kier molecular flexibility index (Phi) is 6.91. The molecule has 0 amide bonds. The van der Waals surface area contributed by atoms with Crippen molar-refractivity contribution in [2.45, 2.75) is 24.1 Å². The Hall–Kier alpha value is -1.70. The number of hydrogen-bond donors (Lipinski definition) is 2. The van der Waals surface area contributed by atoms with Crippen LogP contribution < -0.4 is 9.80 Å². The fourth-order valence-electron chi connectivity index (χ4n) is 3.38. The minimum atomic E-state index is -4.32. The summed E-state index contributed by atoms with van der Waals surface area (Å²) in [6.45, 7) is 5.70. The fraction of sp³-hybridized carbons (Fsp3) is 0.429. The highest BCUT2D eigenvalue weighted by molar-refractivity contribution is 7.99. The fourth-order valence-corrected chi connectivity index (χ4v) is 4.21. The van der Waals surface area contributed by atoms with E-state index in [4.69, 9.17) is 0 Å². The quantitative estimate of drug-likeness (QED) is 0.716. The molecule has 2 N–H and O–H groups in total. The van der Waals surface area contributed by atoms with Gasteiger partial charge in [0.15, 0.2) is 0 Å². The first kappa shape index (κ1) is 21.0. The summed E-state index contributed by atoms with van der Waals surface area (Å²) in [5.41, 5.74) is 1.22. The van der Waals surface area contributed by atoms with Gasteiger partial charge in [0.05, 0.1) is 31.7 Å². The van der Waals surface area contributed by atoms with Gasteiger partial charge in [0.2, 0.25) is 0 Å². The van der Waals surface area contributed by atoms with E-state index in [0.29, 0.717) is 31.1 Å². The third-order valence-electron chi connectivity index (χ3n) is 5.00. The number of halogens is 3. The molecular weight excluding hydrogens is 385 g/mol. The molecule has 0 bridgehead atoms. The first-order valence-electron chi connectivity index (χ1n) is 9.44. The summed E-state index contributed by atoms with van der Waals surface area (Å²) >= 11 is 1.65. The van der Waals surface area contributed by atoms with Crippen LogP contribution in [0.15, 0.2) is 53.4 Å². The number of anilines is 1. The van der Waals surface area contributed by atoms with Crippen LogP contribution >= 0.6 is 11.8 Å². The number of aliphatic hydroxyl groups is 1. The lowest BCUT2D eigenvalue weighted by molar-refractivity contribution is -0.903. The lowest BCUT2D eigenvalue weighted by atomic mass is 10.1. The Labute approximate surface area is 168 Å². The second-order valence-corrected chi connectivity index (χ2v) is 8.36. The van der Waals surface area contributed by atoms with E-state index in [1.54, 1.807) is 17.8 Å². The summed E-state index contributed by atoms with van der Waals surface area (Å²) < 4.78 is 38.7. The topological polar surface area (TPSA) is 27.9 Å². The SMILES string of the molecule is Cc1ccc(SC[C@H](O)C[NH+]2CCN(c3cccc(C(F)(F)F)c3)CC2)cc1. The Morgan fingerprint density at radius 1 is 1.11 bits per heavy atom. The molecule has 0 spiro atoms. The van der Waals surface area contributed by atoms with Gasteiger partial charge < -0.3 is 14.9 Å². The Morgan fingerprint density at radius 3 is 2.43 bits per heavy atom. The normalized spacial score (nSPS) is 17.0. The summed E-state index contributed by atoms with van der Waals surface area (Å²) in [6.07, 6.45) is -4.72. The smallest absolute Gasteiger partial charge is 0.386 e. The Balaban J connectivity index is 1.45. The molecular formula is C21H26F3N2OS+. The zero-order chi connectivity index (χ0) is 20.1. The number of thioether (sulfide) groups is 1. The number of aryl methyl sites for hydroxylation is 1. The molecule has 28 heavy (non-hydrogen) atoms. The highest BCUT2D eigenvalue weighted by Crippen LogP contribution is 2.31. The van der Waals surface area contributed by atoms with Crippen molar-refractivity contribution in [1.29, 1.82) is 0 Å². The van der Waals surface area contributed by atoms with Crippen LogP contribution in [0.5, 0.6) is 0 Å².